The average molecular weight is 382 g/mol. The number of benzene rings is 2. The second kappa shape index (κ2) is 6.71. The molecule has 19 heavy (non-hydrogen) atoms. The Morgan fingerprint density at radius 1 is 1.05 bits per heavy atom. The molecule has 0 spiro atoms. The Labute approximate surface area is 132 Å². The highest BCUT2D eigenvalue weighted by Crippen LogP contribution is 2.36. The highest BCUT2D eigenvalue weighted by molar-refractivity contribution is 9.11. The number of aryl methyl sites for hydroxylation is 2. The molecule has 1 unspecified atom stereocenters. The lowest BCUT2D eigenvalue weighted by molar-refractivity contribution is 0.920. The summed E-state index contributed by atoms with van der Waals surface area (Å²) < 4.78 is 1.19. The molecule has 0 N–H and O–H groups in total. The summed E-state index contributed by atoms with van der Waals surface area (Å²) in [6.45, 7) is 4.34. The van der Waals surface area contributed by atoms with Gasteiger partial charge in [0.15, 0.2) is 0 Å². The van der Waals surface area contributed by atoms with Gasteiger partial charge in [-0.25, -0.2) is 0 Å². The molecular formula is C17H18Br2. The van der Waals surface area contributed by atoms with Crippen molar-refractivity contribution < 1.29 is 0 Å². The van der Waals surface area contributed by atoms with Gasteiger partial charge < -0.3 is 0 Å². The van der Waals surface area contributed by atoms with Gasteiger partial charge >= 0.3 is 0 Å². The van der Waals surface area contributed by atoms with Crippen molar-refractivity contribution in [1.82, 2.24) is 0 Å². The van der Waals surface area contributed by atoms with Crippen LogP contribution in [-0.2, 0) is 6.42 Å². The molecule has 0 aliphatic heterocycles. The fourth-order valence-corrected chi connectivity index (χ4v) is 3.67. The normalized spacial score (nSPS) is 12.4. The minimum Gasteiger partial charge on any atom is -0.0786 e. The first-order chi connectivity index (χ1) is 9.13. The quantitative estimate of drug-likeness (QED) is 0.553. The molecule has 2 aromatic rings. The summed E-state index contributed by atoms with van der Waals surface area (Å²) in [6, 6.07) is 15.3. The van der Waals surface area contributed by atoms with Crippen LogP contribution >= 0.6 is 31.9 Å². The fourth-order valence-electron chi connectivity index (χ4n) is 2.19. The third-order valence-corrected chi connectivity index (χ3v) is 5.41. The van der Waals surface area contributed by atoms with E-state index in [0.717, 1.165) is 6.42 Å². The molecule has 2 rings (SSSR count). The van der Waals surface area contributed by atoms with E-state index in [1.165, 1.54) is 33.1 Å². The number of alkyl halides is 1. The molecule has 0 aromatic heterocycles. The van der Waals surface area contributed by atoms with E-state index < -0.39 is 0 Å². The Morgan fingerprint density at radius 3 is 2.37 bits per heavy atom. The van der Waals surface area contributed by atoms with Crippen LogP contribution in [0.4, 0.5) is 0 Å². The SMILES string of the molecule is CCCc1ccc(C(Br)c2cccc(C)c2Br)cc1. The maximum atomic E-state index is 3.81. The summed E-state index contributed by atoms with van der Waals surface area (Å²) in [7, 11) is 0. The Bertz CT molecular complexity index is 544. The van der Waals surface area contributed by atoms with Crippen LogP contribution in [-0.4, -0.2) is 0 Å². The zero-order valence-electron chi connectivity index (χ0n) is 11.3. The molecule has 0 aliphatic rings. The molecule has 0 fully saturated rings. The minimum atomic E-state index is 0.234. The predicted octanol–water partition coefficient (Wildman–Crippen LogP) is 6.19. The van der Waals surface area contributed by atoms with E-state index >= 15 is 0 Å². The van der Waals surface area contributed by atoms with E-state index in [0.29, 0.717) is 0 Å². The van der Waals surface area contributed by atoms with E-state index in [9.17, 15) is 0 Å². The van der Waals surface area contributed by atoms with E-state index in [-0.39, 0.29) is 4.83 Å². The summed E-state index contributed by atoms with van der Waals surface area (Å²) in [5.41, 5.74) is 5.26. The highest BCUT2D eigenvalue weighted by atomic mass is 79.9. The Balaban J connectivity index is 2.28. The first-order valence-corrected chi connectivity index (χ1v) is 8.32. The molecule has 0 bridgehead atoms. The molecular weight excluding hydrogens is 364 g/mol. The average Bonchev–Trinajstić information content (AvgIpc) is 2.42. The van der Waals surface area contributed by atoms with Crippen molar-refractivity contribution in [3.8, 4) is 0 Å². The van der Waals surface area contributed by atoms with E-state index in [2.05, 4.69) is 88.2 Å². The minimum absolute atomic E-state index is 0.234. The summed E-state index contributed by atoms with van der Waals surface area (Å²) in [5.74, 6) is 0. The van der Waals surface area contributed by atoms with Gasteiger partial charge in [0, 0.05) is 4.47 Å². The van der Waals surface area contributed by atoms with Gasteiger partial charge in [-0.3, -0.25) is 0 Å². The van der Waals surface area contributed by atoms with Gasteiger partial charge in [-0.05, 0) is 35.6 Å². The van der Waals surface area contributed by atoms with Gasteiger partial charge in [-0.1, -0.05) is 87.7 Å². The fraction of sp³-hybridized carbons (Fsp3) is 0.294. The number of hydrogen-bond acceptors (Lipinski definition) is 0. The summed E-state index contributed by atoms with van der Waals surface area (Å²) in [5, 5.41) is 0. The van der Waals surface area contributed by atoms with Crippen molar-refractivity contribution >= 4 is 31.9 Å². The van der Waals surface area contributed by atoms with Crippen molar-refractivity contribution in [2.75, 3.05) is 0 Å². The second-order valence-corrected chi connectivity index (χ2v) is 6.54. The lowest BCUT2D eigenvalue weighted by Crippen LogP contribution is -1.96. The van der Waals surface area contributed by atoms with Crippen molar-refractivity contribution in [2.45, 2.75) is 31.5 Å². The number of rotatable bonds is 4. The predicted molar refractivity (Wildman–Crippen MR) is 90.1 cm³/mol. The van der Waals surface area contributed by atoms with Crippen LogP contribution in [0.25, 0.3) is 0 Å². The van der Waals surface area contributed by atoms with Gasteiger partial charge in [-0.15, -0.1) is 0 Å². The second-order valence-electron chi connectivity index (χ2n) is 4.83. The van der Waals surface area contributed by atoms with Crippen molar-refractivity contribution in [2.24, 2.45) is 0 Å². The maximum absolute atomic E-state index is 3.81. The Hall–Kier alpha value is -0.600. The van der Waals surface area contributed by atoms with Crippen LogP contribution in [0.3, 0.4) is 0 Å². The number of hydrogen-bond donors (Lipinski definition) is 0. The zero-order valence-corrected chi connectivity index (χ0v) is 14.5. The van der Waals surface area contributed by atoms with Crippen LogP contribution in [0, 0.1) is 6.92 Å². The first-order valence-electron chi connectivity index (χ1n) is 6.61. The smallest absolute Gasteiger partial charge is 0.0655 e. The van der Waals surface area contributed by atoms with Gasteiger partial charge in [0.05, 0.1) is 4.83 Å². The molecule has 0 nitrogen and oxygen atoms in total. The monoisotopic (exact) mass is 380 g/mol. The van der Waals surface area contributed by atoms with E-state index in [1.807, 2.05) is 0 Å². The van der Waals surface area contributed by atoms with Gasteiger partial charge in [0.25, 0.3) is 0 Å². The first kappa shape index (κ1) is 14.8. The standard InChI is InChI=1S/C17H18Br2/c1-3-5-13-8-10-14(11-9-13)17(19)15-7-4-6-12(2)16(15)18/h4,6-11,17H,3,5H2,1-2H3. The maximum Gasteiger partial charge on any atom is 0.0655 e. The van der Waals surface area contributed by atoms with Crippen LogP contribution in [0.1, 0.15) is 40.4 Å². The van der Waals surface area contributed by atoms with Crippen LogP contribution < -0.4 is 0 Å². The van der Waals surface area contributed by atoms with E-state index in [1.54, 1.807) is 0 Å². The molecule has 2 aromatic carbocycles. The molecule has 1 atom stereocenters. The Kier molecular flexibility index (Phi) is 5.23. The van der Waals surface area contributed by atoms with Crippen LogP contribution in [0.15, 0.2) is 46.9 Å². The number of halogens is 2. The largest absolute Gasteiger partial charge is 0.0786 e. The van der Waals surface area contributed by atoms with E-state index in [4.69, 9.17) is 0 Å². The topological polar surface area (TPSA) is 0 Å². The molecule has 0 amide bonds. The summed E-state index contributed by atoms with van der Waals surface area (Å²) >= 11 is 7.50. The third kappa shape index (κ3) is 3.49. The summed E-state index contributed by atoms with van der Waals surface area (Å²) in [4.78, 5) is 0.234. The van der Waals surface area contributed by atoms with Crippen molar-refractivity contribution in [1.29, 1.82) is 0 Å². The van der Waals surface area contributed by atoms with Gasteiger partial charge in [-0.2, -0.15) is 0 Å². The van der Waals surface area contributed by atoms with Gasteiger partial charge in [0.2, 0.25) is 0 Å². The molecule has 0 heterocycles. The van der Waals surface area contributed by atoms with Crippen LogP contribution in [0.5, 0.6) is 0 Å². The van der Waals surface area contributed by atoms with Gasteiger partial charge in [0.1, 0.15) is 0 Å². The highest BCUT2D eigenvalue weighted by Gasteiger charge is 2.14. The van der Waals surface area contributed by atoms with Crippen LogP contribution in [0.2, 0.25) is 0 Å². The molecule has 100 valence electrons. The lowest BCUT2D eigenvalue weighted by atomic mass is 10.0. The molecule has 2 heteroatoms. The zero-order chi connectivity index (χ0) is 13.8. The van der Waals surface area contributed by atoms with Crippen molar-refractivity contribution in [3.63, 3.8) is 0 Å². The summed E-state index contributed by atoms with van der Waals surface area (Å²) in [6.07, 6.45) is 2.35. The molecule has 0 saturated carbocycles. The molecule has 0 aliphatic carbocycles. The van der Waals surface area contributed by atoms with Crippen molar-refractivity contribution in [3.05, 3.63) is 69.2 Å². The Morgan fingerprint density at radius 2 is 1.74 bits per heavy atom. The molecule has 0 saturated heterocycles. The third-order valence-electron chi connectivity index (χ3n) is 3.31. The lowest BCUT2D eigenvalue weighted by Gasteiger charge is -2.14. The molecule has 0 radical (unpaired) electrons.